The number of likely N-dealkylation sites (tertiary alicyclic amines) is 1. The minimum Gasteiger partial charge on any atom is -0.394 e. The summed E-state index contributed by atoms with van der Waals surface area (Å²) < 4.78 is 6.27. The zero-order chi connectivity index (χ0) is 20.1. The molecule has 1 saturated carbocycles. The number of carbonyl (C=O) groups is 3. The minimum absolute atomic E-state index is 0.117. The predicted molar refractivity (Wildman–Crippen MR) is 100 cm³/mol. The summed E-state index contributed by atoms with van der Waals surface area (Å²) in [5.41, 5.74) is -0.971. The quantitative estimate of drug-likeness (QED) is 0.606. The summed E-state index contributed by atoms with van der Waals surface area (Å²) >= 11 is 0. The Hall–Kier alpha value is -1.67. The second-order valence-corrected chi connectivity index (χ2v) is 8.79. The van der Waals surface area contributed by atoms with Gasteiger partial charge in [-0.05, 0) is 32.6 Å². The van der Waals surface area contributed by atoms with E-state index in [1.807, 2.05) is 0 Å². The first kappa shape index (κ1) is 19.6. The molecule has 0 aromatic rings. The van der Waals surface area contributed by atoms with Crippen LogP contribution in [0.5, 0.6) is 0 Å². The van der Waals surface area contributed by atoms with Crippen LogP contribution in [0.1, 0.15) is 51.9 Å². The van der Waals surface area contributed by atoms with Crippen LogP contribution in [0, 0.1) is 11.8 Å². The molecule has 1 aliphatic carbocycles. The summed E-state index contributed by atoms with van der Waals surface area (Å²) in [6.07, 6.45) is 6.19. The highest BCUT2D eigenvalue weighted by atomic mass is 16.5. The summed E-state index contributed by atoms with van der Waals surface area (Å²) in [4.78, 5) is 40.8. The highest BCUT2D eigenvalue weighted by molar-refractivity contribution is 5.99. The molecule has 156 valence electrons. The maximum absolute atomic E-state index is 13.4. The molecule has 3 N–H and O–H groups in total. The molecule has 3 saturated heterocycles. The number of hydrogen-bond acceptors (Lipinski definition) is 5. The number of amides is 3. The second-order valence-electron chi connectivity index (χ2n) is 8.79. The van der Waals surface area contributed by atoms with Crippen molar-refractivity contribution in [2.75, 3.05) is 13.7 Å². The van der Waals surface area contributed by atoms with E-state index in [9.17, 15) is 19.5 Å². The molecule has 2 unspecified atom stereocenters. The third-order valence-electron chi connectivity index (χ3n) is 7.23. The van der Waals surface area contributed by atoms with Crippen molar-refractivity contribution >= 4 is 17.7 Å². The lowest BCUT2D eigenvalue weighted by atomic mass is 9.70. The summed E-state index contributed by atoms with van der Waals surface area (Å²) in [5, 5.41) is 15.5. The molecule has 0 aromatic heterocycles. The van der Waals surface area contributed by atoms with Crippen molar-refractivity contribution in [3.8, 4) is 0 Å². The van der Waals surface area contributed by atoms with E-state index in [2.05, 4.69) is 10.6 Å². The van der Waals surface area contributed by atoms with Crippen LogP contribution in [-0.2, 0) is 19.1 Å². The molecule has 28 heavy (non-hydrogen) atoms. The predicted octanol–water partition coefficient (Wildman–Crippen LogP) is -0.0633. The number of aliphatic hydroxyl groups is 1. The molecule has 3 amide bonds. The first-order valence-corrected chi connectivity index (χ1v) is 10.6. The normalized spacial score (nSPS) is 38.4. The monoisotopic (exact) mass is 393 g/mol. The molecule has 8 heteroatoms. The van der Waals surface area contributed by atoms with E-state index in [0.29, 0.717) is 12.8 Å². The van der Waals surface area contributed by atoms with Crippen molar-refractivity contribution in [1.82, 2.24) is 15.5 Å². The lowest BCUT2D eigenvalue weighted by Crippen LogP contribution is -2.59. The smallest absolute Gasteiger partial charge is 0.246 e. The van der Waals surface area contributed by atoms with E-state index in [1.54, 1.807) is 14.0 Å². The SMILES string of the molecule is CNC(=O)[C@@H]1[C@@H]2CCC3(O2)C(C(=O)NC2CCCCC2)N([C@H](C)CO)C(=O)[C@H]13. The van der Waals surface area contributed by atoms with Crippen LogP contribution in [0.3, 0.4) is 0 Å². The van der Waals surface area contributed by atoms with Crippen LogP contribution in [0.25, 0.3) is 0 Å². The van der Waals surface area contributed by atoms with Gasteiger partial charge in [0, 0.05) is 13.1 Å². The zero-order valence-electron chi connectivity index (χ0n) is 16.6. The molecular formula is C20H31N3O5. The average Bonchev–Trinajstić information content (AvgIpc) is 3.34. The lowest BCUT2D eigenvalue weighted by Gasteiger charge is -2.36. The number of ether oxygens (including phenoxy) is 1. The number of nitrogens with zero attached hydrogens (tertiary/aromatic N) is 1. The molecule has 3 aliphatic heterocycles. The Bertz CT molecular complexity index is 664. The van der Waals surface area contributed by atoms with Crippen molar-refractivity contribution in [3.63, 3.8) is 0 Å². The summed E-state index contributed by atoms with van der Waals surface area (Å²) in [7, 11) is 1.56. The lowest BCUT2D eigenvalue weighted by molar-refractivity contribution is -0.145. The summed E-state index contributed by atoms with van der Waals surface area (Å²) in [6.45, 7) is 1.49. The fourth-order valence-corrected chi connectivity index (χ4v) is 5.95. The molecular weight excluding hydrogens is 362 g/mol. The van der Waals surface area contributed by atoms with Gasteiger partial charge in [0.1, 0.15) is 11.6 Å². The Morgan fingerprint density at radius 1 is 1.25 bits per heavy atom. The van der Waals surface area contributed by atoms with E-state index >= 15 is 0 Å². The third-order valence-corrected chi connectivity index (χ3v) is 7.23. The Kier molecular flexibility index (Phi) is 5.12. The maximum Gasteiger partial charge on any atom is 0.246 e. The van der Waals surface area contributed by atoms with Gasteiger partial charge in [-0.25, -0.2) is 0 Å². The van der Waals surface area contributed by atoms with Crippen LogP contribution in [0.15, 0.2) is 0 Å². The molecule has 2 bridgehead atoms. The van der Waals surface area contributed by atoms with Gasteiger partial charge in [-0.3, -0.25) is 14.4 Å². The molecule has 0 aromatic carbocycles. The number of hydrogen-bond donors (Lipinski definition) is 3. The van der Waals surface area contributed by atoms with Gasteiger partial charge in [0.25, 0.3) is 0 Å². The Balaban J connectivity index is 1.67. The van der Waals surface area contributed by atoms with E-state index < -0.39 is 29.5 Å². The van der Waals surface area contributed by atoms with Gasteiger partial charge < -0.3 is 25.4 Å². The van der Waals surface area contributed by atoms with E-state index in [-0.39, 0.29) is 36.5 Å². The van der Waals surface area contributed by atoms with Crippen LogP contribution in [0.2, 0.25) is 0 Å². The van der Waals surface area contributed by atoms with Crippen molar-refractivity contribution in [3.05, 3.63) is 0 Å². The molecule has 4 rings (SSSR count). The van der Waals surface area contributed by atoms with Gasteiger partial charge in [-0.2, -0.15) is 0 Å². The van der Waals surface area contributed by atoms with Crippen molar-refractivity contribution < 1.29 is 24.2 Å². The number of rotatable bonds is 5. The van der Waals surface area contributed by atoms with E-state index in [4.69, 9.17) is 4.74 Å². The van der Waals surface area contributed by atoms with E-state index in [1.165, 1.54) is 11.3 Å². The van der Waals surface area contributed by atoms with Crippen molar-refractivity contribution in [1.29, 1.82) is 0 Å². The van der Waals surface area contributed by atoms with Gasteiger partial charge in [0.15, 0.2) is 0 Å². The average molecular weight is 393 g/mol. The first-order chi connectivity index (χ1) is 13.4. The topological polar surface area (TPSA) is 108 Å². The molecule has 0 radical (unpaired) electrons. The van der Waals surface area contributed by atoms with Crippen molar-refractivity contribution in [2.45, 2.75) is 81.7 Å². The molecule has 6 atom stereocenters. The maximum atomic E-state index is 13.4. The molecule has 8 nitrogen and oxygen atoms in total. The Labute approximate surface area is 165 Å². The standard InChI is InChI=1S/C20H31N3O5/c1-11(10-24)23-16(18(26)22-12-6-4-3-5-7-12)20-9-8-13(28-20)14(17(25)21-2)15(20)19(23)27/h11-16,24H,3-10H2,1-2H3,(H,21,25)(H,22,26)/t11-,13+,14-,15+,16?,20?/m1/s1. The number of nitrogens with one attached hydrogen (secondary N) is 2. The van der Waals surface area contributed by atoms with Gasteiger partial charge in [-0.1, -0.05) is 19.3 Å². The zero-order valence-corrected chi connectivity index (χ0v) is 16.6. The highest BCUT2D eigenvalue weighted by Crippen LogP contribution is 2.58. The van der Waals surface area contributed by atoms with Crippen LogP contribution in [0.4, 0.5) is 0 Å². The Morgan fingerprint density at radius 3 is 2.61 bits per heavy atom. The van der Waals surface area contributed by atoms with Gasteiger partial charge in [0.2, 0.25) is 17.7 Å². The van der Waals surface area contributed by atoms with Gasteiger partial charge >= 0.3 is 0 Å². The molecule has 3 heterocycles. The fourth-order valence-electron chi connectivity index (χ4n) is 5.95. The van der Waals surface area contributed by atoms with Crippen LogP contribution < -0.4 is 10.6 Å². The van der Waals surface area contributed by atoms with Crippen LogP contribution >= 0.6 is 0 Å². The van der Waals surface area contributed by atoms with Gasteiger partial charge in [0.05, 0.1) is 30.6 Å². The third kappa shape index (κ3) is 2.76. The van der Waals surface area contributed by atoms with E-state index in [0.717, 1.165) is 25.7 Å². The van der Waals surface area contributed by atoms with Crippen molar-refractivity contribution in [2.24, 2.45) is 11.8 Å². The second kappa shape index (κ2) is 7.30. The largest absolute Gasteiger partial charge is 0.394 e. The first-order valence-electron chi connectivity index (χ1n) is 10.6. The fraction of sp³-hybridized carbons (Fsp3) is 0.850. The molecule has 4 aliphatic rings. The minimum atomic E-state index is -0.971. The van der Waals surface area contributed by atoms with Gasteiger partial charge in [-0.15, -0.1) is 0 Å². The van der Waals surface area contributed by atoms with Crippen LogP contribution in [-0.4, -0.2) is 71.2 Å². The number of aliphatic hydroxyl groups excluding tert-OH is 1. The number of carbonyl (C=O) groups excluding carboxylic acids is 3. The molecule has 4 fully saturated rings. The Morgan fingerprint density at radius 2 is 1.96 bits per heavy atom. The highest BCUT2D eigenvalue weighted by Gasteiger charge is 2.74. The number of fused-ring (bicyclic) bond motifs is 1. The summed E-state index contributed by atoms with van der Waals surface area (Å²) in [6, 6.07) is -1.19. The molecule has 1 spiro atoms. The summed E-state index contributed by atoms with van der Waals surface area (Å²) in [5.74, 6) is -1.91.